The van der Waals surface area contributed by atoms with Crippen molar-refractivity contribution in [2.24, 2.45) is 0 Å². The number of benzene rings is 3. The maximum absolute atomic E-state index is 13.6. The van der Waals surface area contributed by atoms with Crippen molar-refractivity contribution in [3.8, 4) is 5.75 Å². The number of rotatable bonds is 7. The van der Waals surface area contributed by atoms with Gasteiger partial charge in [-0.1, -0.05) is 43.7 Å². The average molecular weight is 469 g/mol. The fourth-order valence-electron chi connectivity index (χ4n) is 4.99. The van der Waals surface area contributed by atoms with Gasteiger partial charge in [-0.3, -0.25) is 19.3 Å². The van der Waals surface area contributed by atoms with E-state index in [9.17, 15) is 14.4 Å². The molecule has 3 amide bonds. The number of anilines is 1. The van der Waals surface area contributed by atoms with Crippen LogP contribution < -0.4 is 9.64 Å². The van der Waals surface area contributed by atoms with Crippen LogP contribution in [0.25, 0.3) is 0 Å². The topological polar surface area (TPSA) is 66.9 Å². The number of carbonyl (C=O) groups excluding carboxylic acids is 3. The lowest BCUT2D eigenvalue weighted by Crippen LogP contribution is -2.67. The second-order valence-electron chi connectivity index (χ2n) is 9.24. The van der Waals surface area contributed by atoms with E-state index in [1.165, 1.54) is 0 Å². The third-order valence-corrected chi connectivity index (χ3v) is 6.64. The number of unbranched alkanes of at least 4 members (excludes halogenated alkanes) is 1. The first kappa shape index (κ1) is 22.8. The van der Waals surface area contributed by atoms with Crippen molar-refractivity contribution in [1.29, 1.82) is 0 Å². The summed E-state index contributed by atoms with van der Waals surface area (Å²) in [6.07, 6.45) is 2.02. The fraction of sp³-hybridized carbons (Fsp3) is 0.276. The standard InChI is InChI=1S/C29H28N2O4/c1-4-5-14-35-22-12-10-20(11-13-22)25-26(29(34)30(25)21-16-18(2)15-19(3)17-21)31-27(32)23-8-6-7-9-24(23)28(31)33/h6-13,15-17,25-26H,4-5,14H2,1-3H3/t25-,26+/m1/s1. The van der Waals surface area contributed by atoms with Gasteiger partial charge < -0.3 is 9.64 Å². The zero-order valence-corrected chi connectivity index (χ0v) is 20.2. The van der Waals surface area contributed by atoms with E-state index < -0.39 is 23.9 Å². The van der Waals surface area contributed by atoms with Gasteiger partial charge in [0.2, 0.25) is 0 Å². The van der Waals surface area contributed by atoms with E-state index in [1.807, 2.05) is 56.3 Å². The molecule has 3 aromatic rings. The van der Waals surface area contributed by atoms with Crippen LogP contribution >= 0.6 is 0 Å². The highest BCUT2D eigenvalue weighted by Crippen LogP contribution is 2.44. The van der Waals surface area contributed by atoms with E-state index in [0.29, 0.717) is 17.7 Å². The molecule has 2 atom stereocenters. The third kappa shape index (κ3) is 3.89. The van der Waals surface area contributed by atoms with Crippen LogP contribution in [-0.4, -0.2) is 35.3 Å². The Kier molecular flexibility index (Phi) is 5.89. The van der Waals surface area contributed by atoms with Gasteiger partial charge in [0, 0.05) is 5.69 Å². The number of amides is 3. The molecule has 35 heavy (non-hydrogen) atoms. The molecule has 1 fully saturated rings. The van der Waals surface area contributed by atoms with Crippen molar-refractivity contribution in [1.82, 2.24) is 4.90 Å². The van der Waals surface area contributed by atoms with Crippen molar-refractivity contribution >= 4 is 23.4 Å². The van der Waals surface area contributed by atoms with Crippen molar-refractivity contribution in [2.75, 3.05) is 11.5 Å². The normalized spacial score (nSPS) is 19.1. The Morgan fingerprint density at radius 3 is 1.94 bits per heavy atom. The molecule has 0 radical (unpaired) electrons. The molecular formula is C29H28N2O4. The molecule has 0 aromatic heterocycles. The Morgan fingerprint density at radius 1 is 0.771 bits per heavy atom. The molecule has 2 aliphatic heterocycles. The minimum Gasteiger partial charge on any atom is -0.494 e. The summed E-state index contributed by atoms with van der Waals surface area (Å²) in [4.78, 5) is 42.9. The van der Waals surface area contributed by atoms with Crippen LogP contribution in [0.2, 0.25) is 0 Å². The van der Waals surface area contributed by atoms with Gasteiger partial charge in [0.1, 0.15) is 11.8 Å². The van der Waals surface area contributed by atoms with Gasteiger partial charge in [0.05, 0.1) is 23.8 Å². The molecule has 0 unspecified atom stereocenters. The summed E-state index contributed by atoms with van der Waals surface area (Å²) in [5, 5.41) is 0. The van der Waals surface area contributed by atoms with Gasteiger partial charge in [-0.15, -0.1) is 0 Å². The van der Waals surface area contributed by atoms with E-state index >= 15 is 0 Å². The third-order valence-electron chi connectivity index (χ3n) is 6.64. The molecule has 6 heteroatoms. The summed E-state index contributed by atoms with van der Waals surface area (Å²) in [7, 11) is 0. The summed E-state index contributed by atoms with van der Waals surface area (Å²) >= 11 is 0. The molecule has 2 aliphatic rings. The highest BCUT2D eigenvalue weighted by molar-refractivity contribution is 6.24. The van der Waals surface area contributed by atoms with Crippen LogP contribution in [0.4, 0.5) is 5.69 Å². The number of fused-ring (bicyclic) bond motifs is 1. The van der Waals surface area contributed by atoms with Crippen LogP contribution in [0.3, 0.4) is 0 Å². The molecule has 3 aromatic carbocycles. The monoisotopic (exact) mass is 468 g/mol. The zero-order valence-electron chi connectivity index (χ0n) is 20.2. The predicted molar refractivity (Wildman–Crippen MR) is 134 cm³/mol. The average Bonchev–Trinajstić information content (AvgIpc) is 3.08. The lowest BCUT2D eigenvalue weighted by Gasteiger charge is -2.50. The molecule has 0 spiro atoms. The van der Waals surface area contributed by atoms with E-state index in [4.69, 9.17) is 4.74 Å². The molecule has 178 valence electrons. The Balaban J connectivity index is 1.53. The molecule has 2 heterocycles. The van der Waals surface area contributed by atoms with Crippen molar-refractivity contribution in [3.05, 3.63) is 94.5 Å². The summed E-state index contributed by atoms with van der Waals surface area (Å²) in [6, 6.07) is 18.9. The van der Waals surface area contributed by atoms with Crippen molar-refractivity contribution < 1.29 is 19.1 Å². The van der Waals surface area contributed by atoms with Crippen LogP contribution in [0.1, 0.15) is 63.2 Å². The Hall–Kier alpha value is -3.93. The van der Waals surface area contributed by atoms with Gasteiger partial charge in [0.15, 0.2) is 0 Å². The Labute approximate surface area is 205 Å². The van der Waals surface area contributed by atoms with E-state index in [1.54, 1.807) is 29.2 Å². The van der Waals surface area contributed by atoms with Crippen LogP contribution in [0.15, 0.2) is 66.7 Å². The number of ether oxygens (including phenoxy) is 1. The first-order chi connectivity index (χ1) is 16.9. The molecule has 0 bridgehead atoms. The first-order valence-corrected chi connectivity index (χ1v) is 12.0. The second kappa shape index (κ2) is 9.02. The lowest BCUT2D eigenvalue weighted by atomic mass is 9.86. The molecule has 1 saturated heterocycles. The maximum Gasteiger partial charge on any atom is 0.262 e. The Bertz CT molecular complexity index is 1260. The number of aryl methyl sites for hydroxylation is 2. The van der Waals surface area contributed by atoms with Gasteiger partial charge in [-0.2, -0.15) is 0 Å². The number of β-lactam (4-membered cyclic amide) rings is 1. The summed E-state index contributed by atoms with van der Waals surface area (Å²) in [5.74, 6) is -0.358. The number of imide groups is 1. The minimum absolute atomic E-state index is 0.266. The number of hydrogen-bond acceptors (Lipinski definition) is 4. The Morgan fingerprint density at radius 2 is 1.37 bits per heavy atom. The van der Waals surface area contributed by atoms with Crippen molar-refractivity contribution in [3.63, 3.8) is 0 Å². The smallest absolute Gasteiger partial charge is 0.262 e. The summed E-state index contributed by atoms with van der Waals surface area (Å²) < 4.78 is 5.80. The van der Waals surface area contributed by atoms with Gasteiger partial charge >= 0.3 is 0 Å². The molecule has 0 N–H and O–H groups in total. The summed E-state index contributed by atoms with van der Waals surface area (Å²) in [6.45, 7) is 6.73. The molecule has 0 aliphatic carbocycles. The van der Waals surface area contributed by atoms with Gasteiger partial charge in [0.25, 0.3) is 17.7 Å². The summed E-state index contributed by atoms with van der Waals surface area (Å²) in [5.41, 5.74) is 4.36. The lowest BCUT2D eigenvalue weighted by molar-refractivity contribution is -0.130. The first-order valence-electron chi connectivity index (χ1n) is 12.0. The largest absolute Gasteiger partial charge is 0.494 e. The molecule has 0 saturated carbocycles. The van der Waals surface area contributed by atoms with Crippen LogP contribution in [-0.2, 0) is 4.79 Å². The van der Waals surface area contributed by atoms with Crippen LogP contribution in [0.5, 0.6) is 5.75 Å². The number of carbonyl (C=O) groups is 3. The van der Waals surface area contributed by atoms with E-state index in [2.05, 4.69) is 6.92 Å². The number of hydrogen-bond donors (Lipinski definition) is 0. The fourth-order valence-corrected chi connectivity index (χ4v) is 4.99. The van der Waals surface area contributed by atoms with Crippen molar-refractivity contribution in [2.45, 2.75) is 45.7 Å². The quantitative estimate of drug-likeness (QED) is 0.270. The number of nitrogens with zero attached hydrogens (tertiary/aromatic N) is 2. The molecule has 5 rings (SSSR count). The molecule has 6 nitrogen and oxygen atoms in total. The molecular weight excluding hydrogens is 440 g/mol. The van der Waals surface area contributed by atoms with E-state index in [0.717, 1.165) is 45.9 Å². The van der Waals surface area contributed by atoms with Gasteiger partial charge in [-0.05, 0) is 73.4 Å². The minimum atomic E-state index is -0.907. The zero-order chi connectivity index (χ0) is 24.7. The highest BCUT2D eigenvalue weighted by atomic mass is 16.5. The highest BCUT2D eigenvalue weighted by Gasteiger charge is 2.57. The second-order valence-corrected chi connectivity index (χ2v) is 9.24. The van der Waals surface area contributed by atoms with E-state index in [-0.39, 0.29) is 5.91 Å². The maximum atomic E-state index is 13.6. The van der Waals surface area contributed by atoms with Gasteiger partial charge in [-0.25, -0.2) is 0 Å². The SMILES string of the molecule is CCCCOc1ccc([C@@H]2[C@H](N3C(=O)c4ccccc4C3=O)C(=O)N2c2cc(C)cc(C)c2)cc1. The van der Waals surface area contributed by atoms with Crippen LogP contribution in [0, 0.1) is 13.8 Å². The predicted octanol–water partition coefficient (Wildman–Crippen LogP) is 5.24.